The number of fused-ring (bicyclic) bond motifs is 4. The number of benzene rings is 2. The van der Waals surface area contributed by atoms with Gasteiger partial charge < -0.3 is 19.9 Å². The minimum atomic E-state index is -0.957. The predicted octanol–water partition coefficient (Wildman–Crippen LogP) is 3.74. The molecule has 2 aliphatic heterocycles. The number of ether oxygens (including phenoxy) is 1. The quantitative estimate of drug-likeness (QED) is 0.559. The molecule has 2 aromatic carbocycles. The maximum absolute atomic E-state index is 12.7. The first kappa shape index (κ1) is 17.9. The summed E-state index contributed by atoms with van der Waals surface area (Å²) in [7, 11) is 0. The van der Waals surface area contributed by atoms with Crippen molar-refractivity contribution in [2.45, 2.75) is 49.3 Å². The minimum Gasteiger partial charge on any atom is -0.504 e. The molecule has 0 amide bonds. The van der Waals surface area contributed by atoms with Gasteiger partial charge in [-0.05, 0) is 43.0 Å². The Kier molecular flexibility index (Phi) is 3.30. The van der Waals surface area contributed by atoms with Crippen LogP contribution in [0.1, 0.15) is 41.8 Å². The van der Waals surface area contributed by atoms with Gasteiger partial charge in [-0.2, -0.15) is 0 Å². The van der Waals surface area contributed by atoms with E-state index in [2.05, 4.69) is 40.2 Å². The molecule has 1 spiro atoms. The van der Waals surface area contributed by atoms with Crippen molar-refractivity contribution in [3.05, 3.63) is 70.9 Å². The van der Waals surface area contributed by atoms with E-state index in [1.54, 1.807) is 6.07 Å². The Bertz CT molecular complexity index is 1280. The van der Waals surface area contributed by atoms with Gasteiger partial charge in [-0.25, -0.2) is 0 Å². The number of nitrogens with one attached hydrogen (secondary N) is 1. The maximum atomic E-state index is 12.7. The zero-order valence-electron chi connectivity index (χ0n) is 17.6. The summed E-state index contributed by atoms with van der Waals surface area (Å²) in [5, 5.41) is 24.5. The van der Waals surface area contributed by atoms with Gasteiger partial charge in [-0.1, -0.05) is 36.4 Å². The van der Waals surface area contributed by atoms with Gasteiger partial charge in [0.1, 0.15) is 0 Å². The number of rotatable bonds is 2. The van der Waals surface area contributed by atoms with Crippen LogP contribution in [0, 0.1) is 0 Å². The number of para-hydroxylation sites is 1. The maximum Gasteiger partial charge on any atom is 0.166 e. The Hall–Kier alpha value is -2.76. The van der Waals surface area contributed by atoms with E-state index in [1.807, 2.05) is 19.1 Å². The van der Waals surface area contributed by atoms with E-state index in [9.17, 15) is 10.2 Å². The van der Waals surface area contributed by atoms with Gasteiger partial charge in [0.15, 0.2) is 17.6 Å². The largest absolute Gasteiger partial charge is 0.504 e. The molecule has 7 rings (SSSR count). The van der Waals surface area contributed by atoms with E-state index in [4.69, 9.17) is 4.74 Å². The molecule has 3 aromatic rings. The van der Waals surface area contributed by atoms with E-state index >= 15 is 0 Å². The summed E-state index contributed by atoms with van der Waals surface area (Å²) >= 11 is 0. The third-order valence-electron chi connectivity index (χ3n) is 8.45. The lowest BCUT2D eigenvalue weighted by molar-refractivity contribution is -0.170. The third-order valence-corrected chi connectivity index (χ3v) is 8.45. The molecular formula is C26H26N2O3. The topological polar surface area (TPSA) is 68.7 Å². The van der Waals surface area contributed by atoms with Gasteiger partial charge in [0, 0.05) is 42.0 Å². The average Bonchev–Trinajstić information content (AvgIpc) is 3.30. The molecule has 5 heteroatoms. The van der Waals surface area contributed by atoms with Crippen LogP contribution in [0.2, 0.25) is 0 Å². The molecule has 3 N–H and O–H groups in total. The molecule has 158 valence electrons. The molecule has 0 radical (unpaired) electrons. The van der Waals surface area contributed by atoms with Crippen molar-refractivity contribution in [2.75, 3.05) is 13.1 Å². The first-order chi connectivity index (χ1) is 15.1. The van der Waals surface area contributed by atoms with Crippen LogP contribution in [0.3, 0.4) is 0 Å². The second-order valence-corrected chi connectivity index (χ2v) is 9.61. The first-order valence-corrected chi connectivity index (χ1v) is 11.3. The van der Waals surface area contributed by atoms with Gasteiger partial charge in [0.2, 0.25) is 0 Å². The number of aromatic nitrogens is 1. The van der Waals surface area contributed by atoms with Crippen molar-refractivity contribution in [1.82, 2.24) is 9.88 Å². The lowest BCUT2D eigenvalue weighted by atomic mass is 9.49. The summed E-state index contributed by atoms with van der Waals surface area (Å²) in [4.78, 5) is 6.06. The molecule has 1 aromatic heterocycles. The van der Waals surface area contributed by atoms with Crippen molar-refractivity contribution in [2.24, 2.45) is 0 Å². The molecule has 3 heterocycles. The number of aliphatic hydroxyl groups is 1. The summed E-state index contributed by atoms with van der Waals surface area (Å²) in [5.74, 6) is 0.755. The number of allylic oxidation sites excluding steroid dienone is 1. The number of hydrogen-bond acceptors (Lipinski definition) is 4. The van der Waals surface area contributed by atoms with Crippen molar-refractivity contribution in [1.29, 1.82) is 0 Å². The highest BCUT2D eigenvalue weighted by Gasteiger charge is 2.72. The van der Waals surface area contributed by atoms with E-state index < -0.39 is 11.0 Å². The highest BCUT2D eigenvalue weighted by Crippen LogP contribution is 2.68. The number of H-pyrrole nitrogens is 1. The lowest BCUT2D eigenvalue weighted by Gasteiger charge is -2.62. The van der Waals surface area contributed by atoms with E-state index in [0.717, 1.165) is 53.7 Å². The molecule has 2 aliphatic carbocycles. The van der Waals surface area contributed by atoms with Crippen LogP contribution in [0.5, 0.6) is 11.5 Å². The third kappa shape index (κ3) is 1.91. The van der Waals surface area contributed by atoms with Gasteiger partial charge in [0.25, 0.3) is 0 Å². The van der Waals surface area contributed by atoms with Gasteiger partial charge in [-0.3, -0.25) is 4.90 Å². The first-order valence-electron chi connectivity index (χ1n) is 11.3. The molecule has 0 unspecified atom stereocenters. The highest BCUT2D eigenvalue weighted by atomic mass is 16.5. The van der Waals surface area contributed by atoms with Crippen molar-refractivity contribution in [3.8, 4) is 11.5 Å². The molecule has 1 fully saturated rings. The smallest absolute Gasteiger partial charge is 0.166 e. The van der Waals surface area contributed by atoms with Crippen LogP contribution in [0.25, 0.3) is 10.9 Å². The standard InChI is InChI=1S/C26H26N2O3/c1-2-3-11-28-12-10-25-21-15-8-9-19(29)23(21)31-24(25)22-17(14-26(25,30)20(28)13-15)16-6-4-5-7-18(16)27-22/h2-9,20,24,27,29-30H,10-14H2,1H3/b3-2+/t20-,24-,25-,26+/m0/s1. The Balaban J connectivity index is 1.54. The van der Waals surface area contributed by atoms with Crippen LogP contribution in [0.15, 0.2) is 48.6 Å². The zero-order valence-corrected chi connectivity index (χ0v) is 17.6. The number of likely N-dealkylation sites (tertiary alicyclic amines) is 1. The number of hydrogen-bond donors (Lipinski definition) is 3. The fourth-order valence-electron chi connectivity index (χ4n) is 7.18. The van der Waals surface area contributed by atoms with E-state index in [-0.39, 0.29) is 17.9 Å². The molecule has 2 bridgehead atoms. The van der Waals surface area contributed by atoms with Crippen LogP contribution in [-0.4, -0.2) is 44.8 Å². The summed E-state index contributed by atoms with van der Waals surface area (Å²) in [6, 6.07) is 12.1. The number of piperidine rings is 1. The minimum absolute atomic E-state index is 0.00774. The second kappa shape index (κ2) is 5.72. The summed E-state index contributed by atoms with van der Waals surface area (Å²) in [6.07, 6.45) is 6.12. The Morgan fingerprint density at radius 2 is 2.13 bits per heavy atom. The lowest BCUT2D eigenvalue weighted by Crippen LogP contribution is -2.74. The molecule has 4 aliphatic rings. The summed E-state index contributed by atoms with van der Waals surface area (Å²) in [6.45, 7) is 3.79. The van der Waals surface area contributed by atoms with Crippen LogP contribution in [-0.2, 0) is 18.3 Å². The van der Waals surface area contributed by atoms with Crippen LogP contribution >= 0.6 is 0 Å². The average molecular weight is 415 g/mol. The van der Waals surface area contributed by atoms with E-state index in [1.165, 1.54) is 5.56 Å². The zero-order chi connectivity index (χ0) is 21.0. The molecular weight excluding hydrogens is 388 g/mol. The van der Waals surface area contributed by atoms with Crippen LogP contribution < -0.4 is 4.74 Å². The molecule has 4 atom stereocenters. The fourth-order valence-corrected chi connectivity index (χ4v) is 7.18. The molecule has 0 saturated carbocycles. The predicted molar refractivity (Wildman–Crippen MR) is 119 cm³/mol. The normalized spacial score (nSPS) is 32.8. The fraction of sp³-hybridized carbons (Fsp3) is 0.385. The number of phenols is 1. The number of phenolic OH excluding ortho intramolecular Hbond substituents is 1. The second-order valence-electron chi connectivity index (χ2n) is 9.61. The number of nitrogens with zero attached hydrogens (tertiary/aromatic N) is 1. The Morgan fingerprint density at radius 1 is 1.26 bits per heavy atom. The van der Waals surface area contributed by atoms with Crippen molar-refractivity contribution in [3.63, 3.8) is 0 Å². The monoisotopic (exact) mass is 414 g/mol. The van der Waals surface area contributed by atoms with Crippen molar-refractivity contribution >= 4 is 10.9 Å². The molecule has 5 nitrogen and oxygen atoms in total. The number of aromatic amines is 1. The summed E-state index contributed by atoms with van der Waals surface area (Å²) in [5.41, 5.74) is 4.06. The summed E-state index contributed by atoms with van der Waals surface area (Å²) < 4.78 is 6.57. The van der Waals surface area contributed by atoms with Gasteiger partial charge in [-0.15, -0.1) is 0 Å². The van der Waals surface area contributed by atoms with E-state index in [0.29, 0.717) is 12.2 Å². The van der Waals surface area contributed by atoms with Gasteiger partial charge in [0.05, 0.1) is 16.7 Å². The Morgan fingerprint density at radius 3 is 3.00 bits per heavy atom. The van der Waals surface area contributed by atoms with Gasteiger partial charge >= 0.3 is 0 Å². The Labute approximate surface area is 181 Å². The number of aromatic hydroxyl groups is 1. The molecule has 31 heavy (non-hydrogen) atoms. The van der Waals surface area contributed by atoms with Crippen molar-refractivity contribution < 1.29 is 14.9 Å². The van der Waals surface area contributed by atoms with Crippen LogP contribution in [0.4, 0.5) is 0 Å². The SMILES string of the molecule is C/C=C/CN1CC[C@]23c4c5ccc(O)c4O[C@H]2c2[nH]c4ccccc4c2C[C@@]3(O)[C@@H]1C5. The molecule has 1 saturated heterocycles. The highest BCUT2D eigenvalue weighted by molar-refractivity contribution is 5.86.